The van der Waals surface area contributed by atoms with E-state index in [-0.39, 0.29) is 0 Å². The van der Waals surface area contributed by atoms with Crippen molar-refractivity contribution in [2.45, 2.75) is 6.42 Å². The van der Waals surface area contributed by atoms with E-state index in [0.717, 1.165) is 12.0 Å². The van der Waals surface area contributed by atoms with Crippen LogP contribution in [0.3, 0.4) is 0 Å². The van der Waals surface area contributed by atoms with Gasteiger partial charge in [0.15, 0.2) is 0 Å². The average Bonchev–Trinajstić information content (AvgIpc) is 2.18. The van der Waals surface area contributed by atoms with Gasteiger partial charge in [0.2, 0.25) is 0 Å². The van der Waals surface area contributed by atoms with E-state index in [1.807, 2.05) is 6.08 Å². The third kappa shape index (κ3) is 1.25. The lowest BCUT2D eigenvalue weighted by Gasteiger charge is -2.15. The molecular formula is C13H12. The molecule has 1 aromatic carbocycles. The second-order valence-corrected chi connectivity index (χ2v) is 3.21. The van der Waals surface area contributed by atoms with Crippen molar-refractivity contribution in [3.63, 3.8) is 0 Å². The minimum atomic E-state index is 0.997. The van der Waals surface area contributed by atoms with Gasteiger partial charge in [-0.1, -0.05) is 49.6 Å². The number of hydrogen-bond acceptors (Lipinski definition) is 0. The summed E-state index contributed by atoms with van der Waals surface area (Å²) in [7, 11) is 0. The van der Waals surface area contributed by atoms with Crippen LogP contribution in [0.1, 0.15) is 16.7 Å². The maximum atomic E-state index is 4.01. The zero-order valence-corrected chi connectivity index (χ0v) is 7.59. The molecule has 2 rings (SSSR count). The number of rotatable bonds is 1. The van der Waals surface area contributed by atoms with Crippen molar-refractivity contribution >= 4 is 11.6 Å². The van der Waals surface area contributed by atoms with Crippen molar-refractivity contribution < 1.29 is 0 Å². The van der Waals surface area contributed by atoms with Crippen LogP contribution >= 0.6 is 0 Å². The smallest absolute Gasteiger partial charge is 0.00820 e. The topological polar surface area (TPSA) is 0 Å². The minimum Gasteiger partial charge on any atom is -0.0985 e. The predicted molar refractivity (Wildman–Crippen MR) is 58.4 cm³/mol. The van der Waals surface area contributed by atoms with Gasteiger partial charge >= 0.3 is 0 Å². The molecule has 0 amide bonds. The Morgan fingerprint density at radius 1 is 1.31 bits per heavy atom. The van der Waals surface area contributed by atoms with Crippen LogP contribution in [0.15, 0.2) is 43.5 Å². The van der Waals surface area contributed by atoms with Crippen LogP contribution in [-0.4, -0.2) is 0 Å². The molecule has 0 unspecified atom stereocenters. The van der Waals surface area contributed by atoms with Gasteiger partial charge in [0.25, 0.3) is 0 Å². The fraction of sp³-hybridized carbons (Fsp3) is 0.0769. The van der Waals surface area contributed by atoms with Crippen molar-refractivity contribution in [3.8, 4) is 0 Å². The molecule has 0 atom stereocenters. The van der Waals surface area contributed by atoms with Crippen LogP contribution in [0.5, 0.6) is 0 Å². The molecule has 0 saturated heterocycles. The van der Waals surface area contributed by atoms with Gasteiger partial charge in [0.05, 0.1) is 0 Å². The summed E-state index contributed by atoms with van der Waals surface area (Å²) in [5.74, 6) is 0. The molecule has 0 bridgehead atoms. The number of benzene rings is 1. The summed E-state index contributed by atoms with van der Waals surface area (Å²) in [5, 5.41) is 0. The van der Waals surface area contributed by atoms with Gasteiger partial charge in [0.1, 0.15) is 0 Å². The first-order valence-electron chi connectivity index (χ1n) is 4.43. The van der Waals surface area contributed by atoms with Gasteiger partial charge in [-0.2, -0.15) is 0 Å². The van der Waals surface area contributed by atoms with E-state index in [9.17, 15) is 0 Å². The van der Waals surface area contributed by atoms with Crippen LogP contribution in [0, 0.1) is 0 Å². The Kier molecular flexibility index (Phi) is 1.90. The summed E-state index contributed by atoms with van der Waals surface area (Å²) in [6.07, 6.45) is 7.13. The lowest BCUT2D eigenvalue weighted by molar-refractivity contribution is 1.22. The second kappa shape index (κ2) is 3.06. The Labute approximate surface area is 78.9 Å². The molecule has 1 aliphatic rings. The third-order valence-electron chi connectivity index (χ3n) is 2.42. The molecular weight excluding hydrogens is 156 g/mol. The Hall–Kier alpha value is -1.56. The summed E-state index contributed by atoms with van der Waals surface area (Å²) in [5.41, 5.74) is 4.94. The zero-order valence-electron chi connectivity index (χ0n) is 7.59. The Balaban J connectivity index is 2.65. The fourth-order valence-electron chi connectivity index (χ4n) is 1.73. The minimum absolute atomic E-state index is 0.997. The summed E-state index contributed by atoms with van der Waals surface area (Å²) in [6.45, 7) is 7.82. The van der Waals surface area contributed by atoms with E-state index in [4.69, 9.17) is 0 Å². The first-order valence-corrected chi connectivity index (χ1v) is 4.43. The first-order chi connectivity index (χ1) is 6.33. The van der Waals surface area contributed by atoms with E-state index in [0.29, 0.717) is 0 Å². The normalized spacial score (nSPS) is 14.0. The van der Waals surface area contributed by atoms with Gasteiger partial charge in [-0.3, -0.25) is 0 Å². The molecule has 0 spiro atoms. The summed E-state index contributed by atoms with van der Waals surface area (Å²) in [4.78, 5) is 0. The molecule has 0 heteroatoms. The highest BCUT2D eigenvalue weighted by Gasteiger charge is 2.09. The van der Waals surface area contributed by atoms with Crippen LogP contribution in [0.25, 0.3) is 11.6 Å². The molecule has 1 aromatic rings. The van der Waals surface area contributed by atoms with Crippen molar-refractivity contribution in [3.05, 3.63) is 60.2 Å². The van der Waals surface area contributed by atoms with E-state index < -0.39 is 0 Å². The van der Waals surface area contributed by atoms with Gasteiger partial charge in [-0.15, -0.1) is 0 Å². The standard InChI is InChI=1S/C13H12/c1-3-11-7-5-8-12-10(2)6-4-9-13(11)12/h3-8H,1-2,9H2. The predicted octanol–water partition coefficient (Wildman–Crippen LogP) is 3.46. The average molecular weight is 168 g/mol. The molecule has 1 aliphatic carbocycles. The summed E-state index contributed by atoms with van der Waals surface area (Å²) < 4.78 is 0. The molecule has 0 heterocycles. The molecule has 0 saturated carbocycles. The summed E-state index contributed by atoms with van der Waals surface area (Å²) >= 11 is 0. The molecule has 64 valence electrons. The Morgan fingerprint density at radius 3 is 2.92 bits per heavy atom. The largest absolute Gasteiger partial charge is 0.0985 e. The zero-order chi connectivity index (χ0) is 9.26. The first kappa shape index (κ1) is 8.06. The van der Waals surface area contributed by atoms with Crippen molar-refractivity contribution in [2.75, 3.05) is 0 Å². The molecule has 0 nitrogen and oxygen atoms in total. The third-order valence-corrected chi connectivity index (χ3v) is 2.42. The Morgan fingerprint density at radius 2 is 2.15 bits per heavy atom. The second-order valence-electron chi connectivity index (χ2n) is 3.21. The maximum absolute atomic E-state index is 4.01. The van der Waals surface area contributed by atoms with E-state index in [2.05, 4.69) is 43.5 Å². The van der Waals surface area contributed by atoms with Gasteiger partial charge in [-0.05, 0) is 28.7 Å². The highest BCUT2D eigenvalue weighted by molar-refractivity contribution is 5.78. The fourth-order valence-corrected chi connectivity index (χ4v) is 1.73. The highest BCUT2D eigenvalue weighted by Crippen LogP contribution is 2.27. The Bertz CT molecular complexity index is 394. The molecule has 0 aromatic heterocycles. The maximum Gasteiger partial charge on any atom is -0.00820 e. The van der Waals surface area contributed by atoms with E-state index >= 15 is 0 Å². The summed E-state index contributed by atoms with van der Waals surface area (Å²) in [6, 6.07) is 6.27. The van der Waals surface area contributed by atoms with Crippen molar-refractivity contribution in [2.24, 2.45) is 0 Å². The molecule has 0 N–H and O–H groups in total. The van der Waals surface area contributed by atoms with Crippen LogP contribution in [0.4, 0.5) is 0 Å². The molecule has 13 heavy (non-hydrogen) atoms. The molecule has 0 aliphatic heterocycles. The van der Waals surface area contributed by atoms with E-state index in [1.165, 1.54) is 16.7 Å². The van der Waals surface area contributed by atoms with Gasteiger partial charge < -0.3 is 0 Å². The van der Waals surface area contributed by atoms with Gasteiger partial charge in [-0.25, -0.2) is 0 Å². The number of allylic oxidation sites excluding steroid dienone is 3. The van der Waals surface area contributed by atoms with Crippen molar-refractivity contribution in [1.82, 2.24) is 0 Å². The highest BCUT2D eigenvalue weighted by atomic mass is 14.1. The quantitative estimate of drug-likeness (QED) is 0.602. The molecule has 0 radical (unpaired) electrons. The lowest BCUT2D eigenvalue weighted by atomic mass is 9.90. The molecule has 0 fully saturated rings. The van der Waals surface area contributed by atoms with Crippen LogP contribution < -0.4 is 0 Å². The van der Waals surface area contributed by atoms with E-state index in [1.54, 1.807) is 0 Å². The lowest BCUT2D eigenvalue weighted by Crippen LogP contribution is -1.98. The van der Waals surface area contributed by atoms with Crippen LogP contribution in [-0.2, 0) is 6.42 Å². The van der Waals surface area contributed by atoms with Crippen LogP contribution in [0.2, 0.25) is 0 Å². The monoisotopic (exact) mass is 168 g/mol. The number of hydrogen-bond donors (Lipinski definition) is 0. The van der Waals surface area contributed by atoms with Gasteiger partial charge in [0, 0.05) is 0 Å². The SMILES string of the molecule is C=Cc1cccc2c1CC=CC2=C. The van der Waals surface area contributed by atoms with Crippen molar-refractivity contribution in [1.29, 1.82) is 0 Å². The number of fused-ring (bicyclic) bond motifs is 1.